The van der Waals surface area contributed by atoms with Gasteiger partial charge in [-0.05, 0) is 66.5 Å². The molecule has 0 saturated carbocycles. The maximum atomic E-state index is 13.1. The zero-order chi connectivity index (χ0) is 23.5. The molecule has 0 aliphatic carbocycles. The Kier molecular flexibility index (Phi) is 7.39. The zero-order valence-corrected chi connectivity index (χ0v) is 19.1. The molecule has 0 N–H and O–H groups in total. The smallest absolute Gasteiger partial charge is 0.416 e. The first-order chi connectivity index (χ1) is 15.1. The Balaban J connectivity index is 1.74. The molecule has 0 bridgehead atoms. The molecule has 0 spiro atoms. The number of aryl methyl sites for hydroxylation is 4. The summed E-state index contributed by atoms with van der Waals surface area (Å²) in [6.07, 6.45) is -2.07. The third kappa shape index (κ3) is 5.38. The number of rotatable bonds is 8. The van der Waals surface area contributed by atoms with E-state index in [1.165, 1.54) is 30.6 Å². The second-order valence-corrected chi connectivity index (χ2v) is 8.84. The van der Waals surface area contributed by atoms with Gasteiger partial charge in [-0.2, -0.15) is 13.2 Å². The van der Waals surface area contributed by atoms with E-state index < -0.39 is 11.7 Å². The van der Waals surface area contributed by atoms with Crippen LogP contribution in [0.25, 0.3) is 10.1 Å². The van der Waals surface area contributed by atoms with Crippen LogP contribution >= 0.6 is 11.3 Å². The molecule has 32 heavy (non-hydrogen) atoms. The molecule has 7 heteroatoms. The summed E-state index contributed by atoms with van der Waals surface area (Å²) in [7, 11) is 1.35. The van der Waals surface area contributed by atoms with E-state index in [0.29, 0.717) is 29.5 Å². The van der Waals surface area contributed by atoms with Gasteiger partial charge in [0.15, 0.2) is 5.78 Å². The number of esters is 1. The second-order valence-electron chi connectivity index (χ2n) is 7.71. The van der Waals surface area contributed by atoms with Gasteiger partial charge in [0.05, 0.1) is 12.7 Å². The van der Waals surface area contributed by atoms with Crippen molar-refractivity contribution in [2.45, 2.75) is 52.1 Å². The van der Waals surface area contributed by atoms with Crippen LogP contribution in [0.3, 0.4) is 0 Å². The summed E-state index contributed by atoms with van der Waals surface area (Å²) in [4.78, 5) is 25.1. The molecule has 0 saturated heterocycles. The topological polar surface area (TPSA) is 43.4 Å². The third-order valence-corrected chi connectivity index (χ3v) is 6.88. The number of carbonyl (C=O) groups is 2. The van der Waals surface area contributed by atoms with Crippen LogP contribution in [0.5, 0.6) is 0 Å². The van der Waals surface area contributed by atoms with Crippen LogP contribution < -0.4 is 0 Å². The molecule has 0 amide bonds. The van der Waals surface area contributed by atoms with Crippen molar-refractivity contribution in [3.8, 4) is 0 Å². The number of halogens is 3. The van der Waals surface area contributed by atoms with Gasteiger partial charge in [0, 0.05) is 28.0 Å². The van der Waals surface area contributed by atoms with Gasteiger partial charge in [-0.25, -0.2) is 0 Å². The minimum absolute atomic E-state index is 0.0110. The fourth-order valence-electron chi connectivity index (χ4n) is 3.83. The molecule has 170 valence electrons. The molecule has 0 fully saturated rings. The lowest BCUT2D eigenvalue weighted by molar-refractivity contribution is -0.140. The number of benzene rings is 2. The van der Waals surface area contributed by atoms with Crippen LogP contribution in [0.15, 0.2) is 36.4 Å². The van der Waals surface area contributed by atoms with Crippen molar-refractivity contribution in [3.63, 3.8) is 0 Å². The van der Waals surface area contributed by atoms with Crippen molar-refractivity contribution in [1.82, 2.24) is 0 Å². The maximum Gasteiger partial charge on any atom is 0.416 e. The molecule has 0 aliphatic heterocycles. The first kappa shape index (κ1) is 24.0. The minimum atomic E-state index is -4.37. The molecular weight excluding hydrogens is 437 g/mol. The molecule has 2 aromatic carbocycles. The van der Waals surface area contributed by atoms with Crippen LogP contribution in [0.2, 0.25) is 0 Å². The lowest BCUT2D eigenvalue weighted by atomic mass is 9.97. The van der Waals surface area contributed by atoms with Crippen molar-refractivity contribution < 1.29 is 27.5 Å². The van der Waals surface area contributed by atoms with E-state index >= 15 is 0 Å². The van der Waals surface area contributed by atoms with Gasteiger partial charge in [0.25, 0.3) is 0 Å². The zero-order valence-electron chi connectivity index (χ0n) is 18.3. The standard InChI is InChI=1S/C25H25F3O3S/c1-4-19-20-9-8-18(25(26,27)28)14-23(20)32-22(19)11-10-21(29)17-6-5-16(15(2)13-17)7-12-24(30)31-3/h5-6,8-9,13-14H,4,7,10-12H2,1-3H3. The number of carbonyl (C=O) groups excluding carboxylic acids is 2. The van der Waals surface area contributed by atoms with Crippen LogP contribution in [-0.4, -0.2) is 18.9 Å². The van der Waals surface area contributed by atoms with E-state index in [0.717, 1.165) is 33.0 Å². The highest BCUT2D eigenvalue weighted by Crippen LogP contribution is 2.37. The average Bonchev–Trinajstić information content (AvgIpc) is 3.12. The summed E-state index contributed by atoms with van der Waals surface area (Å²) in [6.45, 7) is 3.88. The summed E-state index contributed by atoms with van der Waals surface area (Å²) in [6, 6.07) is 9.31. The van der Waals surface area contributed by atoms with Gasteiger partial charge in [-0.15, -0.1) is 11.3 Å². The van der Waals surface area contributed by atoms with E-state index in [1.54, 1.807) is 6.07 Å². The van der Waals surface area contributed by atoms with Crippen LogP contribution in [0.4, 0.5) is 13.2 Å². The van der Waals surface area contributed by atoms with Crippen LogP contribution in [0, 0.1) is 6.92 Å². The predicted octanol–water partition coefficient (Wildman–Crippen LogP) is 6.71. The van der Waals surface area contributed by atoms with Crippen molar-refractivity contribution in [1.29, 1.82) is 0 Å². The van der Waals surface area contributed by atoms with Crippen molar-refractivity contribution in [3.05, 3.63) is 69.1 Å². The van der Waals surface area contributed by atoms with E-state index in [1.807, 2.05) is 26.0 Å². The molecule has 3 aromatic rings. The summed E-state index contributed by atoms with van der Waals surface area (Å²) in [5.41, 5.74) is 2.89. The Morgan fingerprint density at radius 1 is 1.03 bits per heavy atom. The summed E-state index contributed by atoms with van der Waals surface area (Å²) in [5.74, 6) is -0.287. The Morgan fingerprint density at radius 3 is 2.41 bits per heavy atom. The number of hydrogen-bond acceptors (Lipinski definition) is 4. The molecule has 1 aromatic heterocycles. The largest absolute Gasteiger partial charge is 0.469 e. The molecule has 0 radical (unpaired) electrons. The first-order valence-electron chi connectivity index (χ1n) is 10.4. The Labute approximate surface area is 189 Å². The van der Waals surface area contributed by atoms with Gasteiger partial charge < -0.3 is 4.74 Å². The fourth-order valence-corrected chi connectivity index (χ4v) is 5.16. The van der Waals surface area contributed by atoms with Crippen LogP contribution in [-0.2, 0) is 35.0 Å². The number of thiophene rings is 1. The monoisotopic (exact) mass is 462 g/mol. The second kappa shape index (κ2) is 9.86. The third-order valence-electron chi connectivity index (χ3n) is 5.63. The molecule has 3 nitrogen and oxygen atoms in total. The SMILES string of the molecule is CCc1c(CCC(=O)c2ccc(CCC(=O)OC)c(C)c2)sc2cc(C(F)(F)F)ccc12. The normalized spacial score (nSPS) is 11.7. The van der Waals surface area contributed by atoms with Gasteiger partial charge in [-0.3, -0.25) is 9.59 Å². The highest BCUT2D eigenvalue weighted by Gasteiger charge is 2.31. The molecule has 3 rings (SSSR count). The number of fused-ring (bicyclic) bond motifs is 1. The number of ether oxygens (including phenoxy) is 1. The highest BCUT2D eigenvalue weighted by molar-refractivity contribution is 7.19. The average molecular weight is 463 g/mol. The van der Waals surface area contributed by atoms with E-state index in [-0.39, 0.29) is 24.6 Å². The van der Waals surface area contributed by atoms with E-state index in [4.69, 9.17) is 0 Å². The summed E-state index contributed by atoms with van der Waals surface area (Å²) in [5, 5.41) is 0.832. The predicted molar refractivity (Wildman–Crippen MR) is 120 cm³/mol. The van der Waals surface area contributed by atoms with Crippen molar-refractivity contribution >= 4 is 33.2 Å². The van der Waals surface area contributed by atoms with Crippen LogP contribution in [0.1, 0.15) is 57.3 Å². The number of alkyl halides is 3. The van der Waals surface area contributed by atoms with E-state index in [2.05, 4.69) is 4.74 Å². The van der Waals surface area contributed by atoms with E-state index in [9.17, 15) is 22.8 Å². The molecule has 1 heterocycles. The number of ketones is 1. The Morgan fingerprint density at radius 2 is 1.78 bits per heavy atom. The number of Topliss-reactive ketones (excluding diaryl/α,β-unsaturated/α-hetero) is 1. The quantitative estimate of drug-likeness (QED) is 0.276. The summed E-state index contributed by atoms with van der Waals surface area (Å²) < 4.78 is 44.4. The number of methoxy groups -OCH3 is 1. The first-order valence-corrected chi connectivity index (χ1v) is 11.3. The fraction of sp³-hybridized carbons (Fsp3) is 0.360. The van der Waals surface area contributed by atoms with Gasteiger partial charge in [0.2, 0.25) is 0 Å². The van der Waals surface area contributed by atoms with Gasteiger partial charge in [0.1, 0.15) is 0 Å². The maximum absolute atomic E-state index is 13.1. The van der Waals surface area contributed by atoms with Gasteiger partial charge >= 0.3 is 12.1 Å². The lowest BCUT2D eigenvalue weighted by Gasteiger charge is -2.08. The summed E-state index contributed by atoms with van der Waals surface area (Å²) >= 11 is 1.34. The Bertz CT molecular complexity index is 1150. The highest BCUT2D eigenvalue weighted by atomic mass is 32.1. The van der Waals surface area contributed by atoms with Crippen molar-refractivity contribution in [2.75, 3.05) is 7.11 Å². The lowest BCUT2D eigenvalue weighted by Crippen LogP contribution is -2.05. The minimum Gasteiger partial charge on any atom is -0.469 e. The Hall–Kier alpha value is -2.67. The molecule has 0 unspecified atom stereocenters. The molecule has 0 aliphatic rings. The van der Waals surface area contributed by atoms with Crippen molar-refractivity contribution in [2.24, 2.45) is 0 Å². The molecule has 0 atom stereocenters. The number of hydrogen-bond donors (Lipinski definition) is 0. The molecular formula is C25H25F3O3S. The van der Waals surface area contributed by atoms with Gasteiger partial charge in [-0.1, -0.05) is 25.1 Å².